The van der Waals surface area contributed by atoms with E-state index in [0.29, 0.717) is 0 Å². The van der Waals surface area contributed by atoms with Crippen molar-refractivity contribution in [3.05, 3.63) is 199 Å². The van der Waals surface area contributed by atoms with Gasteiger partial charge in [-0.1, -0.05) is 133 Å². The Morgan fingerprint density at radius 1 is 0.328 bits per heavy atom. The van der Waals surface area contributed by atoms with Crippen LogP contribution in [-0.4, -0.2) is 13.4 Å². The Balaban J connectivity index is 1.06. The molecule has 1 aliphatic rings. The van der Waals surface area contributed by atoms with Gasteiger partial charge < -0.3 is 13.4 Å². The van der Waals surface area contributed by atoms with E-state index in [1.807, 2.05) is 0 Å². The smallest absolute Gasteiger partial charge is 0.0620 e. The van der Waals surface area contributed by atoms with Crippen LogP contribution in [0.3, 0.4) is 0 Å². The van der Waals surface area contributed by atoms with Crippen LogP contribution in [0.2, 0.25) is 0 Å². The molecule has 0 fully saturated rings. The molecule has 0 radical (unpaired) electrons. The summed E-state index contributed by atoms with van der Waals surface area (Å²) in [6.07, 6.45) is 0. The molecule has 0 saturated carbocycles. The fraction of sp³-hybridized carbons (Fsp3) is 0.0182. The van der Waals surface area contributed by atoms with Crippen molar-refractivity contribution in [1.29, 1.82) is 0 Å². The lowest BCUT2D eigenvalue weighted by Gasteiger charge is -2.14. The second-order valence-corrected chi connectivity index (χ2v) is 16.4. The van der Waals surface area contributed by atoms with E-state index >= 15 is 0 Å². The van der Waals surface area contributed by atoms with Gasteiger partial charge in [0.2, 0.25) is 0 Å². The maximum absolute atomic E-state index is 2.57. The highest BCUT2D eigenvalue weighted by molar-refractivity contribution is 6.34. The number of hydrogen-bond donors (Lipinski definition) is 0. The lowest BCUT2D eigenvalue weighted by molar-refractivity contribution is 1.02. The number of rotatable bonds is 2. The zero-order chi connectivity index (χ0) is 37.4. The number of aromatic nitrogens is 3. The summed E-state index contributed by atoms with van der Waals surface area (Å²) in [7, 11) is 0. The molecular weight excluding hydrogens is 703 g/mol. The summed E-state index contributed by atoms with van der Waals surface area (Å²) in [5.74, 6) is 0.220. The van der Waals surface area contributed by atoms with Gasteiger partial charge in [-0.15, -0.1) is 0 Å². The van der Waals surface area contributed by atoms with Crippen LogP contribution in [0, 0.1) is 0 Å². The average Bonchev–Trinajstić information content (AvgIpc) is 4.11. The quantitative estimate of drug-likeness (QED) is 0.168. The number of fused-ring (bicyclic) bond motifs is 20. The molecule has 0 amide bonds. The Bertz CT molecular complexity index is 4070. The summed E-state index contributed by atoms with van der Waals surface area (Å²) in [4.78, 5) is 0. The van der Waals surface area contributed by atoms with Gasteiger partial charge in [0.25, 0.3) is 0 Å². The zero-order valence-corrected chi connectivity index (χ0v) is 31.2. The standard InChI is InChI=1S/C55H31N3/c1-3-13-31(14-4-1)49-33-17-7-8-18-34(33)50-38(49)25-26-45-52(50)39-22-11-20-35-41-30-48-42(29-47(41)57(45)54(35)39)36-21-12-23-40-53-46(58(48)55(36)40)28-27-44-51(53)37-19-9-10-24-43(37)56(44)32-15-5-2-6-16-32/h1-30,49H. The molecule has 0 spiro atoms. The Labute approximate surface area is 331 Å². The predicted octanol–water partition coefficient (Wildman–Crippen LogP) is 14.2. The first-order valence-corrected chi connectivity index (χ1v) is 20.3. The number of nitrogens with zero attached hydrogens (tertiary/aromatic N) is 3. The topological polar surface area (TPSA) is 13.8 Å². The molecule has 1 unspecified atom stereocenters. The molecule has 3 heteroatoms. The molecular formula is C55H31N3. The van der Waals surface area contributed by atoms with Gasteiger partial charge in [-0.3, -0.25) is 0 Å². The highest BCUT2D eigenvalue weighted by Crippen LogP contribution is 2.54. The third-order valence-corrected chi connectivity index (χ3v) is 13.7. The summed E-state index contributed by atoms with van der Waals surface area (Å²) < 4.78 is 7.56. The molecule has 0 saturated heterocycles. The predicted molar refractivity (Wildman–Crippen MR) is 243 cm³/mol. The first-order chi connectivity index (χ1) is 28.8. The molecule has 1 atom stereocenters. The number of hydrogen-bond acceptors (Lipinski definition) is 0. The minimum Gasteiger partial charge on any atom is -0.309 e. The van der Waals surface area contributed by atoms with Crippen molar-refractivity contribution in [1.82, 2.24) is 13.4 Å². The lowest BCUT2D eigenvalue weighted by Crippen LogP contribution is -1.98. The molecule has 5 aromatic heterocycles. The number of para-hydroxylation sites is 4. The van der Waals surface area contributed by atoms with Crippen LogP contribution in [-0.2, 0) is 0 Å². The highest BCUT2D eigenvalue weighted by Gasteiger charge is 2.33. The molecule has 1 aliphatic carbocycles. The SMILES string of the molecule is c1ccc(C2c3ccccc3-c3c2ccc2c3c3cccc4c5cc6c(cc5n2c43)c2cccc3c4c5c7ccccc7n(-c7ccccc7)c5ccc4n6c23)cc1. The van der Waals surface area contributed by atoms with E-state index in [2.05, 4.69) is 195 Å². The van der Waals surface area contributed by atoms with Gasteiger partial charge >= 0.3 is 0 Å². The fourth-order valence-electron chi connectivity index (χ4n) is 11.6. The Hall–Kier alpha value is -7.62. The lowest BCUT2D eigenvalue weighted by atomic mass is 9.89. The van der Waals surface area contributed by atoms with E-state index in [-0.39, 0.29) is 5.92 Å². The Morgan fingerprint density at radius 2 is 0.879 bits per heavy atom. The molecule has 0 N–H and O–H groups in total. The first-order valence-electron chi connectivity index (χ1n) is 20.3. The van der Waals surface area contributed by atoms with E-state index in [1.54, 1.807) is 0 Å². The van der Waals surface area contributed by atoms with E-state index in [0.717, 1.165) is 0 Å². The summed E-state index contributed by atoms with van der Waals surface area (Å²) in [5.41, 5.74) is 18.2. The molecule has 15 rings (SSSR count). The second kappa shape index (κ2) is 10.2. The third-order valence-electron chi connectivity index (χ3n) is 13.7. The minimum atomic E-state index is 0.220. The van der Waals surface area contributed by atoms with Crippen LogP contribution >= 0.6 is 0 Å². The van der Waals surface area contributed by atoms with Crippen LogP contribution in [0.1, 0.15) is 22.6 Å². The van der Waals surface area contributed by atoms with E-state index in [1.165, 1.54) is 132 Å². The van der Waals surface area contributed by atoms with E-state index in [4.69, 9.17) is 0 Å². The third kappa shape index (κ3) is 3.34. The van der Waals surface area contributed by atoms with Gasteiger partial charge in [-0.2, -0.15) is 0 Å². The monoisotopic (exact) mass is 733 g/mol. The van der Waals surface area contributed by atoms with Crippen LogP contribution in [0.4, 0.5) is 0 Å². The first kappa shape index (κ1) is 29.6. The van der Waals surface area contributed by atoms with E-state index in [9.17, 15) is 0 Å². The maximum atomic E-state index is 2.57. The zero-order valence-electron chi connectivity index (χ0n) is 31.2. The molecule has 266 valence electrons. The van der Waals surface area contributed by atoms with Crippen molar-refractivity contribution >= 4 is 98.0 Å². The van der Waals surface area contributed by atoms with Gasteiger partial charge in [0.1, 0.15) is 0 Å². The van der Waals surface area contributed by atoms with Crippen molar-refractivity contribution in [2.75, 3.05) is 0 Å². The van der Waals surface area contributed by atoms with Gasteiger partial charge in [0.15, 0.2) is 0 Å². The molecule has 58 heavy (non-hydrogen) atoms. The van der Waals surface area contributed by atoms with Crippen molar-refractivity contribution in [3.8, 4) is 16.8 Å². The Morgan fingerprint density at radius 3 is 1.64 bits per heavy atom. The number of benzene rings is 9. The van der Waals surface area contributed by atoms with Crippen LogP contribution in [0.25, 0.3) is 115 Å². The van der Waals surface area contributed by atoms with Crippen molar-refractivity contribution in [3.63, 3.8) is 0 Å². The van der Waals surface area contributed by atoms with Gasteiger partial charge in [-0.05, 0) is 76.3 Å². The average molecular weight is 734 g/mol. The molecule has 5 heterocycles. The fourth-order valence-corrected chi connectivity index (χ4v) is 11.6. The Kier molecular flexibility index (Phi) is 5.22. The molecule has 0 aliphatic heterocycles. The van der Waals surface area contributed by atoms with Crippen molar-refractivity contribution < 1.29 is 0 Å². The van der Waals surface area contributed by atoms with Gasteiger partial charge in [0, 0.05) is 65.5 Å². The normalized spacial score (nSPS) is 14.4. The van der Waals surface area contributed by atoms with Crippen molar-refractivity contribution in [2.24, 2.45) is 0 Å². The second-order valence-electron chi connectivity index (χ2n) is 16.4. The molecule has 3 nitrogen and oxygen atoms in total. The highest BCUT2D eigenvalue weighted by atomic mass is 15.0. The summed E-state index contributed by atoms with van der Waals surface area (Å²) in [6.45, 7) is 0. The van der Waals surface area contributed by atoms with Crippen molar-refractivity contribution in [2.45, 2.75) is 5.92 Å². The van der Waals surface area contributed by atoms with Gasteiger partial charge in [-0.25, -0.2) is 0 Å². The molecule has 14 aromatic rings. The largest absolute Gasteiger partial charge is 0.309 e. The minimum absolute atomic E-state index is 0.220. The summed E-state index contributed by atoms with van der Waals surface area (Å²) in [5, 5.41) is 13.1. The van der Waals surface area contributed by atoms with Gasteiger partial charge in [0.05, 0.1) is 44.1 Å². The summed E-state index contributed by atoms with van der Waals surface area (Å²) in [6, 6.07) is 68.2. The van der Waals surface area contributed by atoms with Crippen LogP contribution in [0.5, 0.6) is 0 Å². The molecule has 0 bridgehead atoms. The maximum Gasteiger partial charge on any atom is 0.0620 e. The van der Waals surface area contributed by atoms with Crippen LogP contribution in [0.15, 0.2) is 182 Å². The summed E-state index contributed by atoms with van der Waals surface area (Å²) >= 11 is 0. The van der Waals surface area contributed by atoms with E-state index < -0.39 is 0 Å². The van der Waals surface area contributed by atoms with Crippen LogP contribution < -0.4 is 0 Å². The molecule has 9 aromatic carbocycles.